The monoisotopic (exact) mass is 613 g/mol. The summed E-state index contributed by atoms with van der Waals surface area (Å²) in [5.74, 6) is -0.249. The van der Waals surface area contributed by atoms with Crippen LogP contribution in [0.1, 0.15) is 51.6 Å². The zero-order valence-corrected chi connectivity index (χ0v) is 23.9. The number of nitrogens with one attached hydrogen (secondary N) is 1. The van der Waals surface area contributed by atoms with Crippen LogP contribution in [0.2, 0.25) is 10.0 Å². The number of carbonyl (C=O) groups is 1. The number of alkyl halides is 3. The fraction of sp³-hybridized carbons (Fsp3) is 0.290. The molecule has 0 aliphatic carbocycles. The van der Waals surface area contributed by atoms with E-state index >= 15 is 0 Å². The van der Waals surface area contributed by atoms with Crippen LogP contribution in [-0.2, 0) is 0 Å². The number of amides is 1. The molecule has 218 valence electrons. The predicted molar refractivity (Wildman–Crippen MR) is 157 cm³/mol. The number of benzene rings is 3. The van der Waals surface area contributed by atoms with Crippen molar-refractivity contribution in [3.05, 3.63) is 117 Å². The minimum absolute atomic E-state index is 0.0978. The van der Waals surface area contributed by atoms with Gasteiger partial charge in [0.15, 0.2) is 6.04 Å². The van der Waals surface area contributed by atoms with Crippen LogP contribution in [0.5, 0.6) is 0 Å². The Labute approximate surface area is 251 Å². The van der Waals surface area contributed by atoms with Crippen LogP contribution in [0.4, 0.5) is 19.0 Å². The summed E-state index contributed by atoms with van der Waals surface area (Å²) in [5, 5.41) is 8.30. The lowest BCUT2D eigenvalue weighted by Crippen LogP contribution is -2.50. The lowest BCUT2D eigenvalue weighted by Gasteiger charge is -2.40. The molecule has 0 radical (unpaired) electrons. The number of fused-ring (bicyclic) bond motifs is 1. The molecule has 3 unspecified atom stereocenters. The lowest BCUT2D eigenvalue weighted by atomic mass is 9.96. The van der Waals surface area contributed by atoms with E-state index in [-0.39, 0.29) is 29.8 Å². The Morgan fingerprint density at radius 2 is 1.50 bits per heavy atom. The van der Waals surface area contributed by atoms with Crippen molar-refractivity contribution in [3.8, 4) is 0 Å². The molecule has 3 atom stereocenters. The van der Waals surface area contributed by atoms with Crippen LogP contribution in [0.15, 0.2) is 85.1 Å². The van der Waals surface area contributed by atoms with E-state index in [1.54, 1.807) is 35.2 Å². The molecule has 0 spiro atoms. The number of rotatable bonds is 5. The zero-order chi connectivity index (χ0) is 29.4. The van der Waals surface area contributed by atoms with E-state index in [0.717, 1.165) is 21.4 Å². The van der Waals surface area contributed by atoms with Crippen LogP contribution < -0.4 is 5.32 Å². The van der Waals surface area contributed by atoms with Crippen molar-refractivity contribution >= 4 is 34.9 Å². The van der Waals surface area contributed by atoms with Gasteiger partial charge in [-0.15, -0.1) is 0 Å². The maximum absolute atomic E-state index is 14.1. The second-order valence-electron chi connectivity index (χ2n) is 10.6. The molecule has 1 N–H and O–H groups in total. The smallest absolute Gasteiger partial charge is 0.363 e. The minimum Gasteiger partial charge on any atom is -0.363 e. The van der Waals surface area contributed by atoms with Gasteiger partial charge in [-0.1, -0.05) is 83.9 Å². The molecule has 0 saturated carbocycles. The SMILES string of the molecule is O=C(c1cnn2c1NC(c1ccccc1)CC2C(F)(F)F)N1CCN(C(c2ccccc2)c2cc(Cl)cc(Cl)c2)CC1. The fourth-order valence-electron chi connectivity index (χ4n) is 5.96. The molecule has 3 aromatic carbocycles. The first kappa shape index (κ1) is 28.6. The molecule has 6 rings (SSSR count). The van der Waals surface area contributed by atoms with Crippen molar-refractivity contribution < 1.29 is 18.0 Å². The Morgan fingerprint density at radius 3 is 2.12 bits per heavy atom. The summed E-state index contributed by atoms with van der Waals surface area (Å²) in [7, 11) is 0. The summed E-state index contributed by atoms with van der Waals surface area (Å²) in [4.78, 5) is 17.7. The van der Waals surface area contributed by atoms with Crippen LogP contribution >= 0.6 is 23.2 Å². The third-order valence-electron chi connectivity index (χ3n) is 7.95. The molecule has 11 heteroatoms. The van der Waals surface area contributed by atoms with Gasteiger partial charge in [-0.25, -0.2) is 4.68 Å². The molecule has 1 fully saturated rings. The van der Waals surface area contributed by atoms with Crippen molar-refractivity contribution in [2.75, 3.05) is 31.5 Å². The Hall–Kier alpha value is -3.53. The zero-order valence-electron chi connectivity index (χ0n) is 22.4. The van der Waals surface area contributed by atoms with Gasteiger partial charge in [-0.2, -0.15) is 18.3 Å². The van der Waals surface area contributed by atoms with Gasteiger partial charge in [-0.05, 0) is 34.9 Å². The van der Waals surface area contributed by atoms with Crippen molar-refractivity contribution in [3.63, 3.8) is 0 Å². The molecule has 6 nitrogen and oxygen atoms in total. The van der Waals surface area contributed by atoms with E-state index in [9.17, 15) is 18.0 Å². The molecule has 0 bridgehead atoms. The third kappa shape index (κ3) is 5.73. The van der Waals surface area contributed by atoms with Crippen LogP contribution in [0.25, 0.3) is 0 Å². The quantitative estimate of drug-likeness (QED) is 0.255. The average molecular weight is 614 g/mol. The Balaban J connectivity index is 1.24. The van der Waals surface area contributed by atoms with Crippen molar-refractivity contribution in [1.82, 2.24) is 19.6 Å². The summed E-state index contributed by atoms with van der Waals surface area (Å²) >= 11 is 12.7. The van der Waals surface area contributed by atoms with Crippen molar-refractivity contribution in [1.29, 1.82) is 0 Å². The molecular weight excluding hydrogens is 586 g/mol. The van der Waals surface area contributed by atoms with Gasteiger partial charge in [0.25, 0.3) is 5.91 Å². The first-order chi connectivity index (χ1) is 20.2. The van der Waals surface area contributed by atoms with Crippen LogP contribution in [-0.4, -0.2) is 57.8 Å². The number of halogens is 5. The standard InChI is InChI=1S/C31H28Cl2F3N5O/c32-23-15-22(16-24(33)17-23)28(21-9-5-2-6-10-21)39-11-13-40(14-12-39)30(42)25-19-37-41-27(31(34,35)36)18-26(38-29(25)41)20-7-3-1-4-8-20/h1-10,15-17,19,26-28,38H,11-14,18H2. The number of hydrogen-bond acceptors (Lipinski definition) is 4. The van der Waals surface area contributed by atoms with E-state index < -0.39 is 18.3 Å². The molecule has 1 aromatic heterocycles. The summed E-state index contributed by atoms with van der Waals surface area (Å²) in [6.45, 7) is 1.88. The molecule has 4 aromatic rings. The molecule has 1 saturated heterocycles. The maximum Gasteiger partial charge on any atom is 0.410 e. The third-order valence-corrected chi connectivity index (χ3v) is 8.39. The summed E-state index contributed by atoms with van der Waals surface area (Å²) < 4.78 is 43.3. The molecule has 42 heavy (non-hydrogen) atoms. The van der Waals surface area contributed by atoms with Crippen molar-refractivity contribution in [2.24, 2.45) is 0 Å². The lowest BCUT2D eigenvalue weighted by molar-refractivity contribution is -0.173. The second-order valence-corrected chi connectivity index (χ2v) is 11.5. The molecule has 2 aliphatic rings. The predicted octanol–water partition coefficient (Wildman–Crippen LogP) is 7.40. The van der Waals surface area contributed by atoms with Crippen LogP contribution in [0, 0.1) is 0 Å². The van der Waals surface area contributed by atoms with Gasteiger partial charge >= 0.3 is 6.18 Å². The van der Waals surface area contributed by atoms with Gasteiger partial charge in [0.05, 0.1) is 18.3 Å². The number of aromatic nitrogens is 2. The van der Waals surface area contributed by atoms with Gasteiger partial charge in [0.2, 0.25) is 0 Å². The molecule has 3 heterocycles. The summed E-state index contributed by atoms with van der Waals surface area (Å²) in [5.41, 5.74) is 2.87. The highest BCUT2D eigenvalue weighted by Gasteiger charge is 2.47. The normalized spacial score (nSPS) is 20.1. The number of carbonyl (C=O) groups excluding carboxylic acids is 1. The highest BCUT2D eigenvalue weighted by molar-refractivity contribution is 6.34. The number of nitrogens with zero attached hydrogens (tertiary/aromatic N) is 4. The number of anilines is 1. The van der Waals surface area contributed by atoms with E-state index in [1.807, 2.05) is 48.5 Å². The van der Waals surface area contributed by atoms with E-state index in [2.05, 4.69) is 15.3 Å². The molecule has 1 amide bonds. The number of piperazine rings is 1. The first-order valence-corrected chi connectivity index (χ1v) is 14.4. The first-order valence-electron chi connectivity index (χ1n) is 13.7. The van der Waals surface area contributed by atoms with E-state index in [1.165, 1.54) is 6.20 Å². The highest BCUT2D eigenvalue weighted by Crippen LogP contribution is 2.44. The largest absolute Gasteiger partial charge is 0.410 e. The Morgan fingerprint density at radius 1 is 0.881 bits per heavy atom. The maximum atomic E-state index is 14.1. The topological polar surface area (TPSA) is 53.4 Å². The van der Waals surface area contributed by atoms with E-state index in [0.29, 0.717) is 36.2 Å². The number of hydrogen-bond donors (Lipinski definition) is 1. The summed E-state index contributed by atoms with van der Waals surface area (Å²) in [6.07, 6.45) is -3.48. The van der Waals surface area contributed by atoms with Crippen LogP contribution in [0.3, 0.4) is 0 Å². The molecule has 2 aliphatic heterocycles. The fourth-order valence-corrected chi connectivity index (χ4v) is 6.50. The summed E-state index contributed by atoms with van der Waals surface area (Å²) in [6, 6.07) is 21.9. The van der Waals surface area contributed by atoms with E-state index in [4.69, 9.17) is 23.2 Å². The second kappa shape index (κ2) is 11.6. The van der Waals surface area contributed by atoms with Gasteiger partial charge in [0.1, 0.15) is 11.4 Å². The van der Waals surface area contributed by atoms with Gasteiger partial charge < -0.3 is 10.2 Å². The Kier molecular flexibility index (Phi) is 7.91. The van der Waals surface area contributed by atoms with Crippen molar-refractivity contribution in [2.45, 2.75) is 30.7 Å². The molecular formula is C31H28Cl2F3N5O. The Bertz CT molecular complexity index is 1540. The highest BCUT2D eigenvalue weighted by atomic mass is 35.5. The average Bonchev–Trinajstić information content (AvgIpc) is 3.41. The van der Waals surface area contributed by atoms with Gasteiger partial charge in [-0.3, -0.25) is 9.69 Å². The van der Waals surface area contributed by atoms with Gasteiger partial charge in [0, 0.05) is 42.6 Å². The minimum atomic E-state index is -4.52.